The molecule has 10 nitrogen and oxygen atoms in total. The van der Waals surface area contributed by atoms with E-state index in [-0.39, 0.29) is 18.6 Å². The molecule has 0 aliphatic heterocycles. The number of anilines is 1. The number of hydrogen-bond donors (Lipinski definition) is 4. The number of hydrogen-bond acceptors (Lipinski definition) is 7. The second-order valence-corrected chi connectivity index (χ2v) is 8.66. The van der Waals surface area contributed by atoms with E-state index in [9.17, 15) is 19.5 Å². The van der Waals surface area contributed by atoms with E-state index in [1.54, 1.807) is 13.4 Å². The van der Waals surface area contributed by atoms with Crippen LogP contribution in [0.25, 0.3) is 11.2 Å². The Labute approximate surface area is 156 Å². The van der Waals surface area contributed by atoms with Gasteiger partial charge in [-0.25, -0.2) is 19.5 Å². The normalized spacial score (nSPS) is 31.3. The lowest BCUT2D eigenvalue weighted by Gasteiger charge is -2.22. The van der Waals surface area contributed by atoms with E-state index in [1.165, 1.54) is 0 Å². The minimum absolute atomic E-state index is 0.0668. The van der Waals surface area contributed by atoms with E-state index in [4.69, 9.17) is 4.52 Å². The molecule has 0 spiro atoms. The number of nitrogens with one attached hydrogen (secondary N) is 1. The average Bonchev–Trinajstić information content (AvgIpc) is 3.03. The maximum absolute atomic E-state index is 11.3. The summed E-state index contributed by atoms with van der Waals surface area (Å²) in [4.78, 5) is 31.5. The second-order valence-electron chi connectivity index (χ2n) is 6.50. The van der Waals surface area contributed by atoms with Crippen LogP contribution in [0, 0.1) is 15.2 Å². The van der Waals surface area contributed by atoms with Crippen molar-refractivity contribution in [3.63, 3.8) is 0 Å². The van der Waals surface area contributed by atoms with Crippen molar-refractivity contribution in [2.75, 3.05) is 19.0 Å². The first kappa shape index (κ1) is 17.6. The van der Waals surface area contributed by atoms with Crippen molar-refractivity contribution < 1.29 is 24.0 Å². The Kier molecular flexibility index (Phi) is 4.09. The third-order valence-corrected chi connectivity index (χ3v) is 6.30. The fourth-order valence-electron chi connectivity index (χ4n) is 4.07. The topological polar surface area (TPSA) is 143 Å². The van der Waals surface area contributed by atoms with Gasteiger partial charge in [-0.05, 0) is 18.8 Å². The first-order valence-electron chi connectivity index (χ1n) is 7.71. The molecule has 0 aromatic carbocycles. The molecule has 0 unspecified atom stereocenters. The highest BCUT2D eigenvalue weighted by atomic mass is 127. The van der Waals surface area contributed by atoms with Gasteiger partial charge in [0.05, 0.1) is 19.0 Å². The molecule has 2 aliphatic carbocycles. The summed E-state index contributed by atoms with van der Waals surface area (Å²) in [5, 5.41) is 12.8. The van der Waals surface area contributed by atoms with Gasteiger partial charge in [0.1, 0.15) is 0 Å². The Hall–Kier alpha value is -0.850. The predicted octanol–water partition coefficient (Wildman–Crippen LogP) is 0.894. The summed E-state index contributed by atoms with van der Waals surface area (Å²) in [7, 11) is -2.87. The van der Waals surface area contributed by atoms with Gasteiger partial charge in [0, 0.05) is 41.1 Å². The zero-order chi connectivity index (χ0) is 18.0. The minimum atomic E-state index is -4.63. The van der Waals surface area contributed by atoms with Crippen molar-refractivity contribution in [2.24, 2.45) is 11.3 Å². The van der Waals surface area contributed by atoms with Crippen LogP contribution in [0.2, 0.25) is 0 Å². The van der Waals surface area contributed by atoms with Crippen LogP contribution in [0.3, 0.4) is 0 Å². The zero-order valence-electron chi connectivity index (χ0n) is 13.2. The van der Waals surface area contributed by atoms with Gasteiger partial charge in [-0.1, -0.05) is 0 Å². The number of rotatable bonds is 5. The SMILES string of the molecule is CNc1nc(I)nc2c1ncn2[C@H]1C[C@H](OP(=O)(O)O)[C@]2(CO)C[C@H]12. The number of phosphoric ester groups is 1. The van der Waals surface area contributed by atoms with Gasteiger partial charge in [-0.3, -0.25) is 4.52 Å². The van der Waals surface area contributed by atoms with Gasteiger partial charge in [0.25, 0.3) is 0 Å². The fraction of sp³-hybridized carbons (Fsp3) is 0.615. The summed E-state index contributed by atoms with van der Waals surface area (Å²) >= 11 is 2.03. The summed E-state index contributed by atoms with van der Waals surface area (Å²) < 4.78 is 18.7. The average molecular weight is 481 g/mol. The number of nitrogens with zero attached hydrogens (tertiary/aromatic N) is 4. The molecule has 2 aromatic rings. The van der Waals surface area contributed by atoms with Gasteiger partial charge in [-0.15, -0.1) is 0 Å². The standard InChI is InChI=1S/C13H17IN5O5P/c1-15-10-9-11(18-12(14)17-10)19(5-16-9)7-2-8(24-25(21,22)23)13(4-20)3-6(7)13/h5-8,20H,2-4H2,1H3,(H,15,17,18)(H2,21,22,23)/t6-,7+,8+,13+/m1/s1. The van der Waals surface area contributed by atoms with E-state index in [1.807, 2.05) is 27.2 Å². The zero-order valence-corrected chi connectivity index (χ0v) is 16.3. The van der Waals surface area contributed by atoms with Crippen molar-refractivity contribution >= 4 is 47.4 Å². The highest BCUT2D eigenvalue weighted by molar-refractivity contribution is 14.1. The molecule has 0 radical (unpaired) electrons. The lowest BCUT2D eigenvalue weighted by molar-refractivity contribution is 0.0521. The first-order chi connectivity index (χ1) is 11.8. The van der Waals surface area contributed by atoms with Crippen LogP contribution in [0.15, 0.2) is 6.33 Å². The summed E-state index contributed by atoms with van der Waals surface area (Å²) in [5.41, 5.74) is 0.691. The maximum Gasteiger partial charge on any atom is 0.469 e. The van der Waals surface area contributed by atoms with Crippen LogP contribution in [0.4, 0.5) is 5.82 Å². The molecule has 0 amide bonds. The van der Waals surface area contributed by atoms with Crippen LogP contribution in [0.5, 0.6) is 0 Å². The molecule has 136 valence electrons. The largest absolute Gasteiger partial charge is 0.469 e. The van der Waals surface area contributed by atoms with E-state index < -0.39 is 19.3 Å². The van der Waals surface area contributed by atoms with Gasteiger partial charge in [0.2, 0.25) is 0 Å². The molecule has 2 fully saturated rings. The maximum atomic E-state index is 11.3. The molecule has 25 heavy (non-hydrogen) atoms. The molecule has 2 aromatic heterocycles. The molecule has 4 N–H and O–H groups in total. The quantitative estimate of drug-likeness (QED) is 0.278. The van der Waals surface area contributed by atoms with Crippen molar-refractivity contribution in [3.8, 4) is 0 Å². The third-order valence-electron chi connectivity index (χ3n) is 5.29. The van der Waals surface area contributed by atoms with Crippen LogP contribution < -0.4 is 5.32 Å². The number of aromatic nitrogens is 4. The van der Waals surface area contributed by atoms with Crippen LogP contribution in [-0.4, -0.2) is 54.2 Å². The summed E-state index contributed by atoms with van der Waals surface area (Å²) in [6.07, 6.45) is 2.01. The van der Waals surface area contributed by atoms with E-state index in [0.717, 1.165) is 0 Å². The lowest BCUT2D eigenvalue weighted by Crippen LogP contribution is -2.25. The van der Waals surface area contributed by atoms with Crippen LogP contribution in [0.1, 0.15) is 18.9 Å². The number of imidazole rings is 1. The summed E-state index contributed by atoms with van der Waals surface area (Å²) in [6, 6.07) is -0.0934. The number of fused-ring (bicyclic) bond motifs is 2. The molecular weight excluding hydrogens is 464 g/mol. The Morgan fingerprint density at radius 1 is 1.52 bits per heavy atom. The smallest absolute Gasteiger partial charge is 0.396 e. The molecule has 0 bridgehead atoms. The number of aliphatic hydroxyl groups is 1. The lowest BCUT2D eigenvalue weighted by atomic mass is 10.0. The van der Waals surface area contributed by atoms with Gasteiger partial charge < -0.3 is 24.8 Å². The van der Waals surface area contributed by atoms with Crippen LogP contribution in [-0.2, 0) is 9.09 Å². The molecule has 2 aliphatic rings. The van der Waals surface area contributed by atoms with Crippen molar-refractivity contribution in [2.45, 2.75) is 25.0 Å². The summed E-state index contributed by atoms with van der Waals surface area (Å²) in [5.74, 6) is 0.690. The van der Waals surface area contributed by atoms with E-state index >= 15 is 0 Å². The van der Waals surface area contributed by atoms with Gasteiger partial charge in [0.15, 0.2) is 20.8 Å². The number of halogens is 1. The van der Waals surface area contributed by atoms with Gasteiger partial charge >= 0.3 is 7.82 Å². The molecular formula is C13H17IN5O5P. The van der Waals surface area contributed by atoms with Crippen molar-refractivity contribution in [1.82, 2.24) is 19.5 Å². The van der Waals surface area contributed by atoms with Crippen molar-refractivity contribution in [3.05, 3.63) is 10.2 Å². The first-order valence-corrected chi connectivity index (χ1v) is 10.3. The number of phosphoric acid groups is 1. The fourth-order valence-corrected chi connectivity index (χ4v) is 5.17. The highest BCUT2D eigenvalue weighted by Crippen LogP contribution is 2.70. The van der Waals surface area contributed by atoms with Crippen molar-refractivity contribution in [1.29, 1.82) is 0 Å². The minimum Gasteiger partial charge on any atom is -0.396 e. The highest BCUT2D eigenvalue weighted by Gasteiger charge is 2.69. The molecule has 2 saturated carbocycles. The molecule has 2 heterocycles. The monoisotopic (exact) mass is 481 g/mol. The van der Waals surface area contributed by atoms with Crippen LogP contribution >= 0.6 is 30.4 Å². The predicted molar refractivity (Wildman–Crippen MR) is 95.8 cm³/mol. The molecule has 12 heteroatoms. The molecule has 0 saturated heterocycles. The Balaban J connectivity index is 1.73. The van der Waals surface area contributed by atoms with Gasteiger partial charge in [-0.2, -0.15) is 0 Å². The number of aliphatic hydroxyl groups excluding tert-OH is 1. The Morgan fingerprint density at radius 3 is 2.92 bits per heavy atom. The third kappa shape index (κ3) is 2.77. The molecule has 4 rings (SSSR count). The second kappa shape index (κ2) is 5.83. The van der Waals surface area contributed by atoms with E-state index in [0.29, 0.717) is 33.7 Å². The van der Waals surface area contributed by atoms with E-state index in [2.05, 4.69) is 20.3 Å². The summed E-state index contributed by atoms with van der Waals surface area (Å²) in [6.45, 7) is -0.167. The Bertz CT molecular complexity index is 887. The molecule has 4 atom stereocenters. The Morgan fingerprint density at radius 2 is 2.28 bits per heavy atom.